The molecule has 1 aliphatic carbocycles. The Morgan fingerprint density at radius 2 is 1.77 bits per heavy atom. The van der Waals surface area contributed by atoms with Crippen molar-refractivity contribution in [3.63, 3.8) is 0 Å². The van der Waals surface area contributed by atoms with Gasteiger partial charge in [0.2, 0.25) is 0 Å². The Labute approximate surface area is 155 Å². The molecule has 26 heavy (non-hydrogen) atoms. The molecular formula is C19H36O7. The lowest BCUT2D eigenvalue weighted by molar-refractivity contribution is -0.310. The van der Waals surface area contributed by atoms with E-state index in [1.165, 1.54) is 0 Å². The van der Waals surface area contributed by atoms with Gasteiger partial charge in [0.1, 0.15) is 24.4 Å². The number of hydrogen-bond acceptors (Lipinski definition) is 7. The van der Waals surface area contributed by atoms with Crippen LogP contribution >= 0.6 is 0 Å². The molecule has 7 nitrogen and oxygen atoms in total. The lowest BCUT2D eigenvalue weighted by atomic mass is 9.61. The highest BCUT2D eigenvalue weighted by Gasteiger charge is 2.45. The second kappa shape index (κ2) is 8.82. The van der Waals surface area contributed by atoms with E-state index in [2.05, 4.69) is 20.8 Å². The second-order valence-corrected chi connectivity index (χ2v) is 8.89. The zero-order valence-corrected chi connectivity index (χ0v) is 16.3. The van der Waals surface area contributed by atoms with Crippen molar-refractivity contribution in [1.82, 2.24) is 0 Å². The van der Waals surface area contributed by atoms with Gasteiger partial charge >= 0.3 is 0 Å². The summed E-state index contributed by atoms with van der Waals surface area (Å²) in [5.74, 6) is 0.889. The maximum absolute atomic E-state index is 10.1. The summed E-state index contributed by atoms with van der Waals surface area (Å²) in [6.07, 6.45) is -3.36. The summed E-state index contributed by atoms with van der Waals surface area (Å²) >= 11 is 0. The van der Waals surface area contributed by atoms with Crippen LogP contribution in [0.15, 0.2) is 0 Å². The van der Waals surface area contributed by atoms with E-state index < -0.39 is 37.3 Å². The van der Waals surface area contributed by atoms with Gasteiger partial charge in [-0.05, 0) is 49.9 Å². The fraction of sp³-hybridized carbons (Fsp3) is 1.00. The van der Waals surface area contributed by atoms with Gasteiger partial charge in [0.25, 0.3) is 0 Å². The topological polar surface area (TPSA) is 120 Å². The minimum absolute atomic E-state index is 0.0555. The standard InChI is InChI=1S/C19H36O7/c1-10-7-12(21)8-19(3,4)13(10)6-5-11(2)25-18-17(24)16(23)15(22)14(9-20)26-18/h10-18,20-24H,5-9H2,1-4H3. The number of hydrogen-bond donors (Lipinski definition) is 5. The molecule has 1 heterocycles. The molecule has 0 spiro atoms. The summed E-state index contributed by atoms with van der Waals surface area (Å²) in [5, 5.41) is 49.0. The van der Waals surface area contributed by atoms with Crippen molar-refractivity contribution in [2.75, 3.05) is 6.61 Å². The van der Waals surface area contributed by atoms with E-state index in [-0.39, 0.29) is 17.6 Å². The van der Waals surface area contributed by atoms with Gasteiger partial charge in [-0.2, -0.15) is 0 Å². The van der Waals surface area contributed by atoms with Gasteiger partial charge < -0.3 is 35.0 Å². The van der Waals surface area contributed by atoms with E-state index in [4.69, 9.17) is 9.47 Å². The molecule has 1 aliphatic heterocycles. The zero-order chi connectivity index (χ0) is 19.6. The lowest BCUT2D eigenvalue weighted by Crippen LogP contribution is -2.59. The molecule has 9 unspecified atom stereocenters. The van der Waals surface area contributed by atoms with Gasteiger partial charge in [-0.1, -0.05) is 20.8 Å². The SMILES string of the molecule is CC(CCC1C(C)CC(O)CC1(C)C)OC1OC(CO)C(O)C(O)C1O. The van der Waals surface area contributed by atoms with Gasteiger partial charge in [-0.15, -0.1) is 0 Å². The molecule has 2 rings (SSSR count). The molecule has 1 saturated heterocycles. The van der Waals surface area contributed by atoms with Gasteiger partial charge in [0.15, 0.2) is 6.29 Å². The molecule has 154 valence electrons. The van der Waals surface area contributed by atoms with E-state index in [1.54, 1.807) is 0 Å². The van der Waals surface area contributed by atoms with Crippen molar-refractivity contribution in [1.29, 1.82) is 0 Å². The Morgan fingerprint density at radius 3 is 2.35 bits per heavy atom. The third-order valence-corrected chi connectivity index (χ3v) is 6.20. The molecule has 1 saturated carbocycles. The van der Waals surface area contributed by atoms with Crippen molar-refractivity contribution >= 4 is 0 Å². The Morgan fingerprint density at radius 1 is 1.12 bits per heavy atom. The van der Waals surface area contributed by atoms with Crippen LogP contribution in [-0.4, -0.2) is 75.1 Å². The van der Waals surface area contributed by atoms with E-state index in [1.807, 2.05) is 6.92 Å². The first-order valence-corrected chi connectivity index (χ1v) is 9.70. The largest absolute Gasteiger partial charge is 0.394 e. The number of ether oxygens (including phenoxy) is 2. The first-order chi connectivity index (χ1) is 12.1. The zero-order valence-electron chi connectivity index (χ0n) is 16.3. The van der Waals surface area contributed by atoms with Crippen molar-refractivity contribution in [2.24, 2.45) is 17.3 Å². The summed E-state index contributed by atoms with van der Waals surface area (Å²) in [5.41, 5.74) is 0.0555. The molecule has 0 aromatic heterocycles. The van der Waals surface area contributed by atoms with Gasteiger partial charge in [-0.3, -0.25) is 0 Å². The Bertz CT molecular complexity index is 442. The van der Waals surface area contributed by atoms with Crippen LogP contribution in [0, 0.1) is 17.3 Å². The molecule has 2 fully saturated rings. The van der Waals surface area contributed by atoms with Crippen LogP contribution in [0.4, 0.5) is 0 Å². The van der Waals surface area contributed by atoms with Crippen LogP contribution in [0.25, 0.3) is 0 Å². The Balaban J connectivity index is 1.89. The smallest absolute Gasteiger partial charge is 0.186 e. The second-order valence-electron chi connectivity index (χ2n) is 8.89. The molecule has 0 bridgehead atoms. The first kappa shape index (κ1) is 22.0. The van der Waals surface area contributed by atoms with E-state index in [9.17, 15) is 25.5 Å². The highest BCUT2D eigenvalue weighted by molar-refractivity contribution is 4.91. The number of aliphatic hydroxyl groups is 5. The fourth-order valence-corrected chi connectivity index (χ4v) is 4.77. The van der Waals surface area contributed by atoms with Crippen molar-refractivity contribution < 1.29 is 35.0 Å². The van der Waals surface area contributed by atoms with Crippen LogP contribution in [0.2, 0.25) is 0 Å². The van der Waals surface area contributed by atoms with Gasteiger partial charge in [-0.25, -0.2) is 0 Å². The van der Waals surface area contributed by atoms with Crippen molar-refractivity contribution in [2.45, 2.75) is 96.3 Å². The van der Waals surface area contributed by atoms with Crippen molar-refractivity contribution in [3.8, 4) is 0 Å². The lowest BCUT2D eigenvalue weighted by Gasteiger charge is -2.45. The summed E-state index contributed by atoms with van der Waals surface area (Å²) in [6, 6.07) is 0. The molecule has 0 aromatic rings. The number of rotatable bonds is 6. The highest BCUT2D eigenvalue weighted by atomic mass is 16.7. The minimum atomic E-state index is -1.42. The van der Waals surface area contributed by atoms with Crippen molar-refractivity contribution in [3.05, 3.63) is 0 Å². The summed E-state index contributed by atoms with van der Waals surface area (Å²) in [4.78, 5) is 0. The molecular weight excluding hydrogens is 340 g/mol. The predicted molar refractivity (Wildman–Crippen MR) is 95.2 cm³/mol. The van der Waals surface area contributed by atoms with Crippen LogP contribution in [0.1, 0.15) is 53.4 Å². The quantitative estimate of drug-likeness (QED) is 0.455. The summed E-state index contributed by atoms with van der Waals surface area (Å²) in [6.45, 7) is 7.99. The average Bonchev–Trinajstić information content (AvgIpc) is 2.53. The molecule has 7 heteroatoms. The third kappa shape index (κ3) is 4.95. The summed E-state index contributed by atoms with van der Waals surface area (Å²) in [7, 11) is 0. The van der Waals surface area contributed by atoms with Crippen LogP contribution < -0.4 is 0 Å². The monoisotopic (exact) mass is 376 g/mol. The molecule has 0 amide bonds. The van der Waals surface area contributed by atoms with Crippen LogP contribution in [0.5, 0.6) is 0 Å². The van der Waals surface area contributed by atoms with Gasteiger partial charge in [0.05, 0.1) is 18.8 Å². The predicted octanol–water partition coefficient (Wildman–Crippen LogP) is 0.405. The van der Waals surface area contributed by atoms with Crippen LogP contribution in [0.3, 0.4) is 0 Å². The van der Waals surface area contributed by atoms with Gasteiger partial charge in [0, 0.05) is 0 Å². The minimum Gasteiger partial charge on any atom is -0.394 e. The molecule has 2 aliphatic rings. The van der Waals surface area contributed by atoms with Crippen LogP contribution in [-0.2, 0) is 9.47 Å². The molecule has 0 aromatic carbocycles. The third-order valence-electron chi connectivity index (χ3n) is 6.20. The van der Waals surface area contributed by atoms with E-state index in [0.717, 1.165) is 25.7 Å². The number of aliphatic hydroxyl groups excluding tert-OH is 5. The highest BCUT2D eigenvalue weighted by Crippen LogP contribution is 2.46. The Kier molecular flexibility index (Phi) is 7.46. The first-order valence-electron chi connectivity index (χ1n) is 9.70. The molecule has 9 atom stereocenters. The Hall–Kier alpha value is -0.280. The maximum atomic E-state index is 10.1. The van der Waals surface area contributed by atoms with E-state index in [0.29, 0.717) is 11.8 Å². The molecule has 0 radical (unpaired) electrons. The molecule has 5 N–H and O–H groups in total. The average molecular weight is 376 g/mol. The summed E-state index contributed by atoms with van der Waals surface area (Å²) < 4.78 is 11.2. The maximum Gasteiger partial charge on any atom is 0.186 e. The fourth-order valence-electron chi connectivity index (χ4n) is 4.77. The normalized spacial score (nSPS) is 44.7. The van der Waals surface area contributed by atoms with E-state index >= 15 is 0 Å².